The van der Waals surface area contributed by atoms with Crippen molar-refractivity contribution in [3.05, 3.63) is 82.6 Å². The van der Waals surface area contributed by atoms with Crippen molar-refractivity contribution in [2.45, 2.75) is 83.0 Å². The minimum absolute atomic E-state index is 0.131. The SMILES string of the molecule is C=CCC[C@H]1CC[C@H](CC[C@H]2CC[C@H](c3ccc(C#Cc4ccc(Cl)c(F)c4)cc3)CC2)CC1. The van der Waals surface area contributed by atoms with Gasteiger partial charge in [-0.2, -0.15) is 0 Å². The Morgan fingerprint density at radius 3 is 1.88 bits per heavy atom. The minimum Gasteiger partial charge on any atom is -0.205 e. The van der Waals surface area contributed by atoms with E-state index >= 15 is 0 Å². The predicted octanol–water partition coefficient (Wildman–Crippen LogP) is 9.71. The molecule has 0 heterocycles. The fraction of sp³-hybridized carbons (Fsp3) is 0.500. The lowest BCUT2D eigenvalue weighted by Gasteiger charge is -2.32. The molecule has 2 aromatic rings. The third-order valence-electron chi connectivity index (χ3n) is 8.23. The van der Waals surface area contributed by atoms with Gasteiger partial charge in [-0.15, -0.1) is 6.58 Å². The van der Waals surface area contributed by atoms with E-state index in [-0.39, 0.29) is 5.02 Å². The second-order valence-corrected chi connectivity index (χ2v) is 11.0. The summed E-state index contributed by atoms with van der Waals surface area (Å²) in [5, 5.41) is 0.131. The highest BCUT2D eigenvalue weighted by atomic mass is 35.5. The summed E-state index contributed by atoms with van der Waals surface area (Å²) in [6.45, 7) is 3.87. The van der Waals surface area contributed by atoms with Crippen LogP contribution in [0, 0.1) is 35.4 Å². The molecule has 180 valence electrons. The van der Waals surface area contributed by atoms with Crippen molar-refractivity contribution < 1.29 is 4.39 Å². The summed E-state index contributed by atoms with van der Waals surface area (Å²) in [5.74, 6) is 9.31. The van der Waals surface area contributed by atoms with E-state index in [1.807, 2.05) is 0 Å². The highest BCUT2D eigenvalue weighted by molar-refractivity contribution is 6.30. The molecule has 0 atom stereocenters. The summed E-state index contributed by atoms with van der Waals surface area (Å²) in [6.07, 6.45) is 18.7. The van der Waals surface area contributed by atoms with E-state index in [1.165, 1.54) is 88.7 Å². The van der Waals surface area contributed by atoms with Crippen LogP contribution in [-0.4, -0.2) is 0 Å². The lowest BCUT2D eigenvalue weighted by atomic mass is 9.74. The monoisotopic (exact) mass is 476 g/mol. The Morgan fingerprint density at radius 1 is 0.765 bits per heavy atom. The molecule has 0 bridgehead atoms. The molecule has 0 radical (unpaired) electrons. The standard InChI is InChI=1S/C32H38ClF/c1-2-3-4-24-5-7-25(8-6-24)9-10-26-13-18-29(19-14-26)30-20-15-27(16-21-30)11-12-28-17-22-31(33)32(34)23-28/h2,15-17,20-26,29H,1,3-10,13-14,18-19H2/t24-,25-,26-,29-. The summed E-state index contributed by atoms with van der Waals surface area (Å²) in [5.41, 5.74) is 3.05. The van der Waals surface area contributed by atoms with Crippen molar-refractivity contribution in [1.82, 2.24) is 0 Å². The van der Waals surface area contributed by atoms with Crippen molar-refractivity contribution in [3.8, 4) is 11.8 Å². The average molecular weight is 477 g/mol. The molecular formula is C32H38ClF. The van der Waals surface area contributed by atoms with E-state index in [0.717, 1.165) is 23.3 Å². The Hall–Kier alpha value is -2.04. The smallest absolute Gasteiger partial charge is 0.143 e. The van der Waals surface area contributed by atoms with Gasteiger partial charge in [0.25, 0.3) is 0 Å². The Labute approximate surface area is 211 Å². The maximum absolute atomic E-state index is 13.6. The lowest BCUT2D eigenvalue weighted by molar-refractivity contribution is 0.225. The maximum Gasteiger partial charge on any atom is 0.143 e. The van der Waals surface area contributed by atoms with Crippen LogP contribution in [-0.2, 0) is 0 Å². The summed E-state index contributed by atoms with van der Waals surface area (Å²) in [4.78, 5) is 0. The molecule has 2 saturated carbocycles. The Balaban J connectivity index is 1.19. The highest BCUT2D eigenvalue weighted by Crippen LogP contribution is 2.40. The molecule has 0 saturated heterocycles. The van der Waals surface area contributed by atoms with Crippen LogP contribution in [0.2, 0.25) is 5.02 Å². The second-order valence-electron chi connectivity index (χ2n) is 10.5. The Morgan fingerprint density at radius 2 is 1.29 bits per heavy atom. The summed E-state index contributed by atoms with van der Waals surface area (Å²) >= 11 is 5.74. The van der Waals surface area contributed by atoms with Crippen LogP contribution in [0.15, 0.2) is 55.1 Å². The zero-order valence-corrected chi connectivity index (χ0v) is 21.1. The molecule has 2 fully saturated rings. The van der Waals surface area contributed by atoms with Crippen molar-refractivity contribution in [2.75, 3.05) is 0 Å². The molecule has 0 N–H and O–H groups in total. The first-order valence-electron chi connectivity index (χ1n) is 13.3. The Kier molecular flexibility index (Phi) is 9.29. The molecule has 0 nitrogen and oxygen atoms in total. The summed E-state index contributed by atoms with van der Waals surface area (Å²) in [6, 6.07) is 13.4. The molecule has 2 aliphatic carbocycles. The van der Waals surface area contributed by atoms with Crippen LogP contribution in [0.5, 0.6) is 0 Å². The van der Waals surface area contributed by atoms with Gasteiger partial charge in [0.05, 0.1) is 5.02 Å². The molecular weight excluding hydrogens is 439 g/mol. The Bertz CT molecular complexity index is 980. The maximum atomic E-state index is 13.6. The molecule has 0 aliphatic heterocycles. The van der Waals surface area contributed by atoms with Crippen molar-refractivity contribution in [3.63, 3.8) is 0 Å². The second kappa shape index (κ2) is 12.6. The van der Waals surface area contributed by atoms with Crippen LogP contribution < -0.4 is 0 Å². The van der Waals surface area contributed by atoms with Gasteiger partial charge in [0.15, 0.2) is 0 Å². The van der Waals surface area contributed by atoms with Gasteiger partial charge in [0.2, 0.25) is 0 Å². The average Bonchev–Trinajstić information content (AvgIpc) is 2.88. The van der Waals surface area contributed by atoms with E-state index in [0.29, 0.717) is 11.5 Å². The molecule has 0 aromatic heterocycles. The number of benzene rings is 2. The number of allylic oxidation sites excluding steroid dienone is 1. The number of hydrogen-bond donors (Lipinski definition) is 0. The van der Waals surface area contributed by atoms with Gasteiger partial charge in [-0.05, 0) is 98.1 Å². The zero-order valence-electron chi connectivity index (χ0n) is 20.4. The number of hydrogen-bond acceptors (Lipinski definition) is 0. The number of rotatable bonds is 7. The molecule has 0 unspecified atom stereocenters. The third-order valence-corrected chi connectivity index (χ3v) is 8.53. The molecule has 34 heavy (non-hydrogen) atoms. The third kappa shape index (κ3) is 7.23. The van der Waals surface area contributed by atoms with Crippen LogP contribution in [0.25, 0.3) is 0 Å². The lowest BCUT2D eigenvalue weighted by Crippen LogP contribution is -2.17. The van der Waals surface area contributed by atoms with Gasteiger partial charge in [0.1, 0.15) is 5.82 Å². The zero-order chi connectivity index (χ0) is 23.8. The van der Waals surface area contributed by atoms with Gasteiger partial charge < -0.3 is 0 Å². The predicted molar refractivity (Wildman–Crippen MR) is 143 cm³/mol. The van der Waals surface area contributed by atoms with Gasteiger partial charge in [-0.3, -0.25) is 0 Å². The highest BCUT2D eigenvalue weighted by Gasteiger charge is 2.25. The van der Waals surface area contributed by atoms with Crippen LogP contribution in [0.1, 0.15) is 99.7 Å². The van der Waals surface area contributed by atoms with E-state index < -0.39 is 5.82 Å². The summed E-state index contributed by atoms with van der Waals surface area (Å²) < 4.78 is 13.6. The molecule has 0 spiro atoms. The fourth-order valence-electron chi connectivity index (χ4n) is 5.98. The molecule has 2 heteroatoms. The minimum atomic E-state index is -0.425. The van der Waals surface area contributed by atoms with Gasteiger partial charge in [0, 0.05) is 11.1 Å². The first kappa shape index (κ1) is 25.1. The fourth-order valence-corrected chi connectivity index (χ4v) is 6.09. The van der Waals surface area contributed by atoms with Gasteiger partial charge in [-0.1, -0.05) is 80.2 Å². The first-order valence-corrected chi connectivity index (χ1v) is 13.7. The molecule has 0 amide bonds. The van der Waals surface area contributed by atoms with Gasteiger partial charge >= 0.3 is 0 Å². The normalized spacial score (nSPS) is 24.8. The molecule has 2 aromatic carbocycles. The van der Waals surface area contributed by atoms with Crippen LogP contribution in [0.3, 0.4) is 0 Å². The molecule has 2 aliphatic rings. The number of halogens is 2. The van der Waals surface area contributed by atoms with E-state index in [1.54, 1.807) is 12.1 Å². The summed E-state index contributed by atoms with van der Waals surface area (Å²) in [7, 11) is 0. The topological polar surface area (TPSA) is 0 Å². The van der Waals surface area contributed by atoms with Crippen LogP contribution >= 0.6 is 11.6 Å². The van der Waals surface area contributed by atoms with E-state index in [4.69, 9.17) is 11.6 Å². The first-order chi connectivity index (χ1) is 16.6. The van der Waals surface area contributed by atoms with Crippen LogP contribution in [0.4, 0.5) is 4.39 Å². The largest absolute Gasteiger partial charge is 0.205 e. The molecule has 4 rings (SSSR count). The van der Waals surface area contributed by atoms with E-state index in [9.17, 15) is 4.39 Å². The van der Waals surface area contributed by atoms with Crippen molar-refractivity contribution in [1.29, 1.82) is 0 Å². The van der Waals surface area contributed by atoms with Gasteiger partial charge in [-0.25, -0.2) is 4.39 Å². The van der Waals surface area contributed by atoms with E-state index in [2.05, 4.69) is 48.8 Å². The quantitative estimate of drug-likeness (QED) is 0.275. The van der Waals surface area contributed by atoms with Crippen molar-refractivity contribution in [2.24, 2.45) is 17.8 Å². The van der Waals surface area contributed by atoms with Crippen molar-refractivity contribution >= 4 is 11.6 Å².